The summed E-state index contributed by atoms with van der Waals surface area (Å²) in [4.78, 5) is 3.92. The number of hydrogen-bond acceptors (Lipinski definition) is 7. The summed E-state index contributed by atoms with van der Waals surface area (Å²) in [7, 11) is 0. The highest BCUT2D eigenvalue weighted by Gasteiger charge is 2.33. The van der Waals surface area contributed by atoms with E-state index in [1.54, 1.807) is 29.1 Å². The Balaban J connectivity index is 1.39. The van der Waals surface area contributed by atoms with Crippen molar-refractivity contribution in [1.82, 2.24) is 44.8 Å². The van der Waals surface area contributed by atoms with Gasteiger partial charge in [0.1, 0.15) is 18.7 Å². The molecule has 1 saturated carbocycles. The van der Waals surface area contributed by atoms with Gasteiger partial charge >= 0.3 is 6.55 Å². The predicted molar refractivity (Wildman–Crippen MR) is 126 cm³/mol. The first kappa shape index (κ1) is 24.0. The molecule has 15 heteroatoms. The molecule has 0 bridgehead atoms. The van der Waals surface area contributed by atoms with Gasteiger partial charge in [0.25, 0.3) is 0 Å². The van der Waals surface area contributed by atoms with Crippen molar-refractivity contribution in [1.29, 1.82) is 0 Å². The Morgan fingerprint density at radius 1 is 1.13 bits per heavy atom. The van der Waals surface area contributed by atoms with Gasteiger partial charge in [-0.05, 0) is 41.0 Å². The van der Waals surface area contributed by atoms with Crippen LogP contribution in [0.2, 0.25) is 5.02 Å². The first-order valence-electron chi connectivity index (χ1n) is 11.6. The van der Waals surface area contributed by atoms with Crippen LogP contribution in [0.3, 0.4) is 0 Å². The van der Waals surface area contributed by atoms with E-state index >= 15 is 4.39 Å². The van der Waals surface area contributed by atoms with Crippen LogP contribution in [-0.4, -0.2) is 44.8 Å². The van der Waals surface area contributed by atoms with Crippen LogP contribution < -0.4 is 4.73 Å². The highest BCUT2D eigenvalue weighted by molar-refractivity contribution is 6.31. The van der Waals surface area contributed by atoms with Gasteiger partial charge in [-0.1, -0.05) is 24.4 Å². The first-order valence-corrected chi connectivity index (χ1v) is 12.0. The second-order valence-corrected chi connectivity index (χ2v) is 9.30. The summed E-state index contributed by atoms with van der Waals surface area (Å²) in [6.45, 7) is -2.86. The molecule has 4 aromatic heterocycles. The third-order valence-electron chi connectivity index (χ3n) is 6.43. The second-order valence-electron chi connectivity index (χ2n) is 8.89. The smallest absolute Gasteiger partial charge is 0.335 e. The fourth-order valence-electron chi connectivity index (χ4n) is 4.43. The minimum atomic E-state index is -2.86. The van der Waals surface area contributed by atoms with Gasteiger partial charge in [0, 0.05) is 12.3 Å². The van der Waals surface area contributed by atoms with Gasteiger partial charge in [-0.3, -0.25) is 4.68 Å². The van der Waals surface area contributed by atoms with Crippen LogP contribution in [0.1, 0.15) is 37.5 Å². The molecule has 0 saturated heterocycles. The quantitative estimate of drug-likeness (QED) is 0.215. The van der Waals surface area contributed by atoms with Crippen molar-refractivity contribution in [3.05, 3.63) is 77.3 Å². The molecule has 5 aromatic rings. The molecule has 0 spiro atoms. The molecule has 4 heterocycles. The molecule has 6 rings (SSSR count). The number of hydrogen-bond donors (Lipinski definition) is 0. The molecule has 0 N–H and O–H groups in total. The molecule has 1 aliphatic carbocycles. The minimum absolute atomic E-state index is 0.0340. The van der Waals surface area contributed by atoms with E-state index in [4.69, 9.17) is 11.6 Å². The van der Waals surface area contributed by atoms with Gasteiger partial charge in [-0.25, -0.2) is 9.37 Å². The highest BCUT2D eigenvalue weighted by atomic mass is 35.5. The molecule has 194 valence electrons. The van der Waals surface area contributed by atoms with Crippen LogP contribution in [-0.2, 0) is 0 Å². The molecule has 0 radical (unpaired) electrons. The number of aromatic nitrogens is 10. The van der Waals surface area contributed by atoms with E-state index in [-0.39, 0.29) is 22.0 Å². The predicted octanol–water partition coefficient (Wildman–Crippen LogP) is 3.99. The van der Waals surface area contributed by atoms with Crippen molar-refractivity contribution in [2.75, 3.05) is 0 Å². The van der Waals surface area contributed by atoms with Crippen LogP contribution >= 0.6 is 11.6 Å². The number of nitrogens with zero attached hydrogens (tertiary/aromatic N) is 10. The number of halogens is 4. The summed E-state index contributed by atoms with van der Waals surface area (Å²) in [6.07, 6.45) is 9.24. The van der Waals surface area contributed by atoms with Crippen molar-refractivity contribution >= 4 is 11.6 Å². The lowest BCUT2D eigenvalue weighted by Gasteiger charge is -2.18. The summed E-state index contributed by atoms with van der Waals surface area (Å²) < 4.78 is 45.8. The van der Waals surface area contributed by atoms with Gasteiger partial charge in [0.15, 0.2) is 17.8 Å². The maximum atomic E-state index is 15.2. The normalized spacial score (nSPS) is 14.3. The van der Waals surface area contributed by atoms with Crippen molar-refractivity contribution in [2.24, 2.45) is 5.92 Å². The SMILES string of the molecule is [O-][n+]1cc(-c2c(-n3cnnn3)ccc(Cl)c2F)ccc1[C@@H](CC1CC1)n1cc(-c2ncnn2C(F)F)cn1. The number of benzene rings is 1. The van der Waals surface area contributed by atoms with Gasteiger partial charge in [-0.15, -0.1) is 5.10 Å². The Hall–Kier alpha value is -4.33. The maximum Gasteiger partial charge on any atom is 0.335 e. The van der Waals surface area contributed by atoms with E-state index in [2.05, 4.69) is 30.7 Å². The molecule has 11 nitrogen and oxygen atoms in total. The Morgan fingerprint density at radius 2 is 1.97 bits per heavy atom. The lowest BCUT2D eigenvalue weighted by atomic mass is 10.0. The molecule has 0 amide bonds. The third-order valence-corrected chi connectivity index (χ3v) is 6.73. The first-order chi connectivity index (χ1) is 18.4. The molecular weight excluding hydrogens is 525 g/mol. The number of alkyl halides is 2. The molecule has 38 heavy (non-hydrogen) atoms. The van der Waals surface area contributed by atoms with Crippen molar-refractivity contribution in [2.45, 2.75) is 31.9 Å². The maximum absolute atomic E-state index is 15.2. The van der Waals surface area contributed by atoms with Crippen LogP contribution in [0.15, 0.2) is 55.5 Å². The average molecular weight is 543 g/mol. The Kier molecular flexibility index (Phi) is 6.02. The summed E-state index contributed by atoms with van der Waals surface area (Å²) in [6, 6.07) is 5.66. The van der Waals surface area contributed by atoms with E-state index in [0.717, 1.165) is 19.2 Å². The van der Waals surface area contributed by atoms with Gasteiger partial charge in [0.2, 0.25) is 5.69 Å². The van der Waals surface area contributed by atoms with Crippen LogP contribution in [0.25, 0.3) is 28.2 Å². The zero-order valence-electron chi connectivity index (χ0n) is 19.4. The largest absolute Gasteiger partial charge is 0.618 e. The highest BCUT2D eigenvalue weighted by Crippen LogP contribution is 2.39. The van der Waals surface area contributed by atoms with E-state index in [0.29, 0.717) is 38.7 Å². The zero-order chi connectivity index (χ0) is 26.4. The fraction of sp³-hybridized carbons (Fsp3) is 0.261. The lowest BCUT2D eigenvalue weighted by Crippen LogP contribution is -2.35. The topological polar surface area (TPSA) is 119 Å². The average Bonchev–Trinajstić information content (AvgIpc) is 3.31. The van der Waals surface area contributed by atoms with Crippen molar-refractivity contribution in [3.63, 3.8) is 0 Å². The zero-order valence-corrected chi connectivity index (χ0v) is 20.2. The number of pyridine rings is 1. The summed E-state index contributed by atoms with van der Waals surface area (Å²) in [5.74, 6) is -0.357. The third kappa shape index (κ3) is 4.36. The molecule has 1 aromatic carbocycles. The molecule has 0 aliphatic heterocycles. The van der Waals surface area contributed by atoms with Gasteiger partial charge < -0.3 is 5.21 Å². The number of rotatable bonds is 8. The van der Waals surface area contributed by atoms with E-state index in [1.807, 2.05) is 0 Å². The standard InChI is InChI=1S/C23H18ClF3N10O/c24-16-4-6-18(35-12-29-32-33-35)20(21(16)25)14-3-5-17(36(38)10-14)19(7-13-1-2-13)34-9-15(8-30-34)22-28-11-31-37(22)23(26)27/h3-6,8-13,19,23H,1-2,7H2/t19-/m1/s1. The monoisotopic (exact) mass is 542 g/mol. The lowest BCUT2D eigenvalue weighted by molar-refractivity contribution is -0.615. The molecular formula is C23H18ClF3N10O. The minimum Gasteiger partial charge on any atom is -0.618 e. The fourth-order valence-corrected chi connectivity index (χ4v) is 4.59. The molecule has 1 aliphatic rings. The molecule has 1 atom stereocenters. The summed E-state index contributed by atoms with van der Waals surface area (Å²) in [5, 5.41) is 32.2. The van der Waals surface area contributed by atoms with Crippen LogP contribution in [0, 0.1) is 16.9 Å². The van der Waals surface area contributed by atoms with E-state index < -0.39 is 18.4 Å². The van der Waals surface area contributed by atoms with Crippen molar-refractivity contribution < 1.29 is 17.9 Å². The Bertz CT molecular complexity index is 1600. The van der Waals surface area contributed by atoms with Crippen LogP contribution in [0.5, 0.6) is 0 Å². The second kappa shape index (κ2) is 9.52. The van der Waals surface area contributed by atoms with Gasteiger partial charge in [-0.2, -0.15) is 33.1 Å². The van der Waals surface area contributed by atoms with Crippen LogP contribution in [0.4, 0.5) is 13.2 Å². The number of tetrazole rings is 1. The van der Waals surface area contributed by atoms with E-state index in [9.17, 15) is 14.0 Å². The summed E-state index contributed by atoms with van der Waals surface area (Å²) in [5.41, 5.74) is 1.33. The molecule has 0 unspecified atom stereocenters. The van der Waals surface area contributed by atoms with Gasteiger partial charge in [0.05, 0.1) is 33.6 Å². The Labute approximate surface area is 217 Å². The van der Waals surface area contributed by atoms with Crippen molar-refractivity contribution in [3.8, 4) is 28.2 Å². The molecule has 1 fully saturated rings. The Morgan fingerprint density at radius 3 is 2.68 bits per heavy atom. The van der Waals surface area contributed by atoms with E-state index in [1.165, 1.54) is 29.5 Å². The summed E-state index contributed by atoms with van der Waals surface area (Å²) >= 11 is 6.05.